The van der Waals surface area contributed by atoms with Gasteiger partial charge in [0.1, 0.15) is 5.75 Å². The lowest BCUT2D eigenvalue weighted by molar-refractivity contribution is -0.140. The number of rotatable bonds is 5. The van der Waals surface area contributed by atoms with Gasteiger partial charge in [-0.1, -0.05) is 12.1 Å². The van der Waals surface area contributed by atoms with Crippen LogP contribution in [0.4, 0.5) is 10.5 Å². The standard InChI is InChI=1S/C23H22N4O4S/c1-31-17-10-8-16(9-11-17)27-22(29)21(28)26(23(27)30)14-25-12-4-5-15(13-25)20-24-18-6-2-3-7-19(18)32-20/h2-3,6-11,15H,4-5,12-14H2,1H3/t15-/m1/s1. The van der Waals surface area contributed by atoms with Crippen LogP contribution in [0.2, 0.25) is 0 Å². The number of methoxy groups -OCH3 is 1. The smallest absolute Gasteiger partial charge is 0.340 e. The number of fused-ring (bicyclic) bond motifs is 1. The second kappa shape index (κ2) is 8.33. The van der Waals surface area contributed by atoms with Gasteiger partial charge < -0.3 is 4.74 Å². The molecule has 0 unspecified atom stereocenters. The zero-order valence-electron chi connectivity index (χ0n) is 17.6. The first kappa shape index (κ1) is 20.6. The Morgan fingerprint density at radius 2 is 1.84 bits per heavy atom. The van der Waals surface area contributed by atoms with Crippen LogP contribution in [-0.2, 0) is 9.59 Å². The number of hydrogen-bond donors (Lipinski definition) is 0. The largest absolute Gasteiger partial charge is 0.497 e. The monoisotopic (exact) mass is 450 g/mol. The molecule has 0 bridgehead atoms. The number of carbonyl (C=O) groups excluding carboxylic acids is 3. The average molecular weight is 451 g/mol. The summed E-state index contributed by atoms with van der Waals surface area (Å²) in [5, 5.41) is 1.07. The predicted molar refractivity (Wildman–Crippen MR) is 121 cm³/mol. The molecule has 2 aliphatic heterocycles. The Hall–Kier alpha value is -3.30. The lowest BCUT2D eigenvalue weighted by Crippen LogP contribution is -2.45. The minimum absolute atomic E-state index is 0.0947. The molecule has 2 saturated heterocycles. The minimum atomic E-state index is -0.833. The summed E-state index contributed by atoms with van der Waals surface area (Å²) in [6.45, 7) is 1.54. The Labute approximate surface area is 189 Å². The number of nitrogens with zero attached hydrogens (tertiary/aromatic N) is 4. The molecular weight excluding hydrogens is 428 g/mol. The number of amides is 4. The van der Waals surface area contributed by atoms with Gasteiger partial charge in [0, 0.05) is 12.5 Å². The van der Waals surface area contributed by atoms with E-state index in [1.165, 1.54) is 7.11 Å². The third-order valence-electron chi connectivity index (χ3n) is 5.89. The van der Waals surface area contributed by atoms with Crippen LogP contribution in [0.3, 0.4) is 0 Å². The number of thiazole rings is 1. The number of hydrogen-bond acceptors (Lipinski definition) is 7. The molecule has 3 heterocycles. The Morgan fingerprint density at radius 3 is 2.59 bits per heavy atom. The molecule has 8 nitrogen and oxygen atoms in total. The van der Waals surface area contributed by atoms with Crippen LogP contribution < -0.4 is 9.64 Å². The van der Waals surface area contributed by atoms with Gasteiger partial charge in [0.25, 0.3) is 0 Å². The molecule has 1 aromatic heterocycles. The summed E-state index contributed by atoms with van der Waals surface area (Å²) < 4.78 is 6.27. The van der Waals surface area contributed by atoms with Crippen LogP contribution in [0.5, 0.6) is 5.75 Å². The minimum Gasteiger partial charge on any atom is -0.497 e. The summed E-state index contributed by atoms with van der Waals surface area (Å²) in [5.74, 6) is -0.791. The number of carbonyl (C=O) groups is 3. The van der Waals surface area contributed by atoms with Crippen molar-refractivity contribution in [1.29, 1.82) is 0 Å². The maximum atomic E-state index is 13.0. The van der Waals surface area contributed by atoms with Crippen LogP contribution in [0.1, 0.15) is 23.8 Å². The summed E-state index contributed by atoms with van der Waals surface area (Å²) >= 11 is 1.69. The number of imide groups is 2. The van der Waals surface area contributed by atoms with Gasteiger partial charge in [-0.25, -0.2) is 19.6 Å². The lowest BCUT2D eigenvalue weighted by atomic mass is 9.99. The van der Waals surface area contributed by atoms with E-state index in [0.29, 0.717) is 18.0 Å². The first-order valence-corrected chi connectivity index (χ1v) is 11.3. The molecule has 2 aliphatic rings. The molecule has 0 aliphatic carbocycles. The number of aromatic nitrogens is 1. The first-order valence-electron chi connectivity index (χ1n) is 10.5. The van der Waals surface area contributed by atoms with E-state index in [9.17, 15) is 14.4 Å². The number of urea groups is 1. The maximum Gasteiger partial charge on any atom is 0.340 e. The SMILES string of the molecule is COc1ccc(N2C(=O)C(=O)N(CN3CCC[C@@H](c4nc5ccccc5s4)C3)C2=O)cc1. The van der Waals surface area contributed by atoms with E-state index in [0.717, 1.165) is 44.4 Å². The van der Waals surface area contributed by atoms with E-state index in [1.807, 2.05) is 18.2 Å². The molecule has 5 rings (SSSR count). The summed E-state index contributed by atoms with van der Waals surface area (Å²) in [4.78, 5) is 46.9. The molecule has 9 heteroatoms. The van der Waals surface area contributed by atoms with Gasteiger partial charge in [0.2, 0.25) is 0 Å². The summed E-state index contributed by atoms with van der Waals surface area (Å²) in [6, 6.07) is 13.9. The molecule has 2 aromatic carbocycles. The third kappa shape index (κ3) is 3.63. The van der Waals surface area contributed by atoms with Crippen LogP contribution in [-0.4, -0.2) is 59.5 Å². The fourth-order valence-electron chi connectivity index (χ4n) is 4.24. The summed E-state index contributed by atoms with van der Waals surface area (Å²) in [5.41, 5.74) is 1.35. The number of ether oxygens (including phenoxy) is 1. The average Bonchev–Trinajstić information content (AvgIpc) is 3.35. The van der Waals surface area contributed by atoms with E-state index in [4.69, 9.17) is 9.72 Å². The second-order valence-electron chi connectivity index (χ2n) is 7.93. The van der Waals surface area contributed by atoms with Gasteiger partial charge in [-0.15, -0.1) is 11.3 Å². The van der Waals surface area contributed by atoms with Crippen LogP contribution >= 0.6 is 11.3 Å². The molecule has 0 saturated carbocycles. The maximum absolute atomic E-state index is 13.0. The van der Waals surface area contributed by atoms with Crippen molar-refractivity contribution >= 4 is 45.1 Å². The van der Waals surface area contributed by atoms with E-state index >= 15 is 0 Å². The molecule has 1 atom stereocenters. The van der Waals surface area contributed by atoms with E-state index < -0.39 is 17.8 Å². The van der Waals surface area contributed by atoms with Crippen molar-refractivity contribution in [3.8, 4) is 5.75 Å². The van der Waals surface area contributed by atoms with Crippen molar-refractivity contribution in [3.63, 3.8) is 0 Å². The quantitative estimate of drug-likeness (QED) is 0.438. The van der Waals surface area contributed by atoms with E-state index in [2.05, 4.69) is 11.0 Å². The third-order valence-corrected chi connectivity index (χ3v) is 7.09. The van der Waals surface area contributed by atoms with Crippen molar-refractivity contribution in [2.45, 2.75) is 18.8 Å². The normalized spacial score (nSPS) is 19.9. The van der Waals surface area contributed by atoms with Gasteiger partial charge >= 0.3 is 17.8 Å². The number of benzene rings is 2. The molecule has 0 N–H and O–H groups in total. The van der Waals surface area contributed by atoms with Crippen molar-refractivity contribution in [3.05, 3.63) is 53.5 Å². The van der Waals surface area contributed by atoms with Gasteiger partial charge in [-0.05, 0) is 55.8 Å². The van der Waals surface area contributed by atoms with Crippen LogP contribution in [0.15, 0.2) is 48.5 Å². The summed E-state index contributed by atoms with van der Waals surface area (Å²) in [6.07, 6.45) is 1.95. The number of para-hydroxylation sites is 1. The summed E-state index contributed by atoms with van der Waals surface area (Å²) in [7, 11) is 1.53. The van der Waals surface area contributed by atoms with Gasteiger partial charge in [0.05, 0.1) is 34.7 Å². The highest BCUT2D eigenvalue weighted by Gasteiger charge is 2.46. The first-order chi connectivity index (χ1) is 15.5. The lowest BCUT2D eigenvalue weighted by Gasteiger charge is -2.33. The zero-order chi connectivity index (χ0) is 22.2. The van der Waals surface area contributed by atoms with Crippen LogP contribution in [0.25, 0.3) is 10.2 Å². The molecule has 0 spiro atoms. The van der Waals surface area contributed by atoms with Crippen LogP contribution in [0, 0.1) is 0 Å². The molecule has 2 fully saturated rings. The van der Waals surface area contributed by atoms with Gasteiger partial charge in [0.15, 0.2) is 0 Å². The second-order valence-corrected chi connectivity index (χ2v) is 8.99. The van der Waals surface area contributed by atoms with Crippen molar-refractivity contribution < 1.29 is 19.1 Å². The molecular formula is C23H22N4O4S. The highest BCUT2D eigenvalue weighted by molar-refractivity contribution is 7.18. The van der Waals surface area contributed by atoms with Crippen molar-refractivity contribution in [2.75, 3.05) is 31.8 Å². The van der Waals surface area contributed by atoms with E-state index in [1.54, 1.807) is 35.6 Å². The highest BCUT2D eigenvalue weighted by Crippen LogP contribution is 2.33. The fourth-order valence-corrected chi connectivity index (χ4v) is 5.33. The van der Waals surface area contributed by atoms with Crippen molar-refractivity contribution in [2.24, 2.45) is 0 Å². The molecule has 32 heavy (non-hydrogen) atoms. The number of likely N-dealkylation sites (tertiary alicyclic amines) is 1. The molecule has 0 radical (unpaired) electrons. The van der Waals surface area contributed by atoms with Gasteiger partial charge in [-0.2, -0.15) is 0 Å². The van der Waals surface area contributed by atoms with Gasteiger partial charge in [-0.3, -0.25) is 14.5 Å². The molecule has 3 aromatic rings. The zero-order valence-corrected chi connectivity index (χ0v) is 18.4. The topological polar surface area (TPSA) is 83.1 Å². The predicted octanol–water partition coefficient (Wildman–Crippen LogP) is 3.44. The number of anilines is 1. The molecule has 164 valence electrons. The highest BCUT2D eigenvalue weighted by atomic mass is 32.1. The molecule has 4 amide bonds. The number of piperidine rings is 1. The Morgan fingerprint density at radius 1 is 1.06 bits per heavy atom. The van der Waals surface area contributed by atoms with E-state index in [-0.39, 0.29) is 12.6 Å². The fraction of sp³-hybridized carbons (Fsp3) is 0.304. The Balaban J connectivity index is 1.31. The Bertz CT molecular complexity index is 1160. The Kier molecular flexibility index (Phi) is 5.36. The van der Waals surface area contributed by atoms with Crippen molar-refractivity contribution in [1.82, 2.24) is 14.8 Å².